The number of rotatable bonds is 7. The van der Waals surface area contributed by atoms with Gasteiger partial charge in [0.1, 0.15) is 29.5 Å². The molecule has 0 bridgehead atoms. The number of aromatic nitrogens is 2. The second-order valence-corrected chi connectivity index (χ2v) is 9.32. The maximum atomic E-state index is 9.51. The van der Waals surface area contributed by atoms with E-state index in [1.165, 1.54) is 19.3 Å². The number of anilines is 3. The zero-order chi connectivity index (χ0) is 23.2. The van der Waals surface area contributed by atoms with Crippen LogP contribution in [0.25, 0.3) is 10.4 Å². The molecule has 3 aromatic rings. The van der Waals surface area contributed by atoms with Crippen molar-refractivity contribution < 1.29 is 4.74 Å². The Bertz CT molecular complexity index is 1220. The first-order chi connectivity index (χ1) is 16.1. The van der Waals surface area contributed by atoms with Crippen LogP contribution in [0.3, 0.4) is 0 Å². The summed E-state index contributed by atoms with van der Waals surface area (Å²) in [5.74, 6) is 1.86. The SMILES string of the molecule is Cc1nc(C)c(-c2ccc(Nc3ccc(C#N)c(NC4CCCCC4)n3)cc2OCC#N)s1. The van der Waals surface area contributed by atoms with Crippen molar-refractivity contribution in [3.63, 3.8) is 0 Å². The average molecular weight is 459 g/mol. The van der Waals surface area contributed by atoms with Gasteiger partial charge in [0.2, 0.25) is 0 Å². The molecule has 7 nitrogen and oxygen atoms in total. The van der Waals surface area contributed by atoms with Gasteiger partial charge in [0.25, 0.3) is 0 Å². The Hall–Kier alpha value is -3.62. The van der Waals surface area contributed by atoms with Crippen LogP contribution in [0.1, 0.15) is 48.4 Å². The number of hydrogen-bond donors (Lipinski definition) is 2. The molecule has 0 amide bonds. The number of hydrogen-bond acceptors (Lipinski definition) is 8. The Morgan fingerprint density at radius 1 is 1.09 bits per heavy atom. The van der Waals surface area contributed by atoms with E-state index in [0.717, 1.165) is 39.7 Å². The highest BCUT2D eigenvalue weighted by atomic mass is 32.1. The highest BCUT2D eigenvalue weighted by Gasteiger charge is 2.17. The van der Waals surface area contributed by atoms with Crippen molar-refractivity contribution in [3.8, 4) is 28.3 Å². The Morgan fingerprint density at radius 2 is 1.91 bits per heavy atom. The van der Waals surface area contributed by atoms with Crippen molar-refractivity contribution in [1.82, 2.24) is 9.97 Å². The monoisotopic (exact) mass is 458 g/mol. The van der Waals surface area contributed by atoms with Crippen LogP contribution in [-0.4, -0.2) is 22.6 Å². The second kappa shape index (κ2) is 10.3. The Morgan fingerprint density at radius 3 is 2.61 bits per heavy atom. The maximum Gasteiger partial charge on any atom is 0.174 e. The lowest BCUT2D eigenvalue weighted by Crippen LogP contribution is -2.23. The molecule has 1 fully saturated rings. The van der Waals surface area contributed by atoms with Crippen LogP contribution in [0, 0.1) is 36.5 Å². The van der Waals surface area contributed by atoms with Crippen molar-refractivity contribution >= 4 is 28.7 Å². The summed E-state index contributed by atoms with van der Waals surface area (Å²) in [6, 6.07) is 14.0. The number of benzene rings is 1. The third-order valence-corrected chi connectivity index (χ3v) is 6.76. The van der Waals surface area contributed by atoms with Gasteiger partial charge in [-0.2, -0.15) is 10.5 Å². The number of nitriles is 2. The van der Waals surface area contributed by atoms with E-state index in [0.29, 0.717) is 29.0 Å². The van der Waals surface area contributed by atoms with E-state index >= 15 is 0 Å². The van der Waals surface area contributed by atoms with E-state index in [2.05, 4.69) is 26.7 Å². The molecule has 168 valence electrons. The lowest BCUT2D eigenvalue weighted by Gasteiger charge is -2.24. The van der Waals surface area contributed by atoms with E-state index in [4.69, 9.17) is 10.00 Å². The van der Waals surface area contributed by atoms with Crippen LogP contribution in [0.2, 0.25) is 0 Å². The molecular formula is C25H26N6OS. The molecular weight excluding hydrogens is 432 g/mol. The molecule has 2 aromatic heterocycles. The predicted octanol–water partition coefficient (Wildman–Crippen LogP) is 6.08. The quantitative estimate of drug-likeness (QED) is 0.441. The maximum absolute atomic E-state index is 9.51. The fourth-order valence-electron chi connectivity index (χ4n) is 4.12. The van der Waals surface area contributed by atoms with Gasteiger partial charge in [0.15, 0.2) is 6.61 Å². The highest BCUT2D eigenvalue weighted by Crippen LogP contribution is 2.38. The van der Waals surface area contributed by atoms with Crippen molar-refractivity contribution in [3.05, 3.63) is 46.6 Å². The molecule has 0 radical (unpaired) electrons. The normalized spacial score (nSPS) is 13.7. The smallest absolute Gasteiger partial charge is 0.174 e. The Labute approximate surface area is 198 Å². The second-order valence-electron chi connectivity index (χ2n) is 8.11. The third kappa shape index (κ3) is 5.42. The fourth-order valence-corrected chi connectivity index (χ4v) is 5.07. The van der Waals surface area contributed by atoms with Gasteiger partial charge < -0.3 is 15.4 Å². The summed E-state index contributed by atoms with van der Waals surface area (Å²) in [6.45, 7) is 3.90. The first-order valence-corrected chi connectivity index (χ1v) is 11.9. The molecule has 1 saturated carbocycles. The number of ether oxygens (including phenoxy) is 1. The molecule has 2 N–H and O–H groups in total. The minimum Gasteiger partial charge on any atom is -0.478 e. The van der Waals surface area contributed by atoms with Crippen LogP contribution >= 0.6 is 11.3 Å². The number of nitrogens with one attached hydrogen (secondary N) is 2. The van der Waals surface area contributed by atoms with Crippen molar-refractivity contribution in [2.24, 2.45) is 0 Å². The van der Waals surface area contributed by atoms with Gasteiger partial charge in [0, 0.05) is 23.4 Å². The highest BCUT2D eigenvalue weighted by molar-refractivity contribution is 7.15. The number of pyridine rings is 1. The number of thiazole rings is 1. The topological polar surface area (TPSA) is 107 Å². The minimum absolute atomic E-state index is 0.0438. The molecule has 0 spiro atoms. The summed E-state index contributed by atoms with van der Waals surface area (Å²) in [5, 5.41) is 26.3. The zero-order valence-corrected chi connectivity index (χ0v) is 19.6. The van der Waals surface area contributed by atoms with Gasteiger partial charge in [-0.15, -0.1) is 11.3 Å². The summed E-state index contributed by atoms with van der Waals surface area (Å²) in [7, 11) is 0. The van der Waals surface area contributed by atoms with E-state index < -0.39 is 0 Å². The van der Waals surface area contributed by atoms with Gasteiger partial charge >= 0.3 is 0 Å². The van der Waals surface area contributed by atoms with E-state index in [1.807, 2.05) is 38.1 Å². The van der Waals surface area contributed by atoms with Crippen molar-refractivity contribution in [1.29, 1.82) is 10.5 Å². The molecule has 33 heavy (non-hydrogen) atoms. The largest absolute Gasteiger partial charge is 0.478 e. The summed E-state index contributed by atoms with van der Waals surface area (Å²) in [6.07, 6.45) is 5.87. The lowest BCUT2D eigenvalue weighted by molar-refractivity contribution is 0.370. The molecule has 0 unspecified atom stereocenters. The zero-order valence-electron chi connectivity index (χ0n) is 18.8. The lowest BCUT2D eigenvalue weighted by atomic mass is 9.95. The van der Waals surface area contributed by atoms with Gasteiger partial charge in [-0.3, -0.25) is 0 Å². The van der Waals surface area contributed by atoms with Gasteiger partial charge in [-0.05, 0) is 51.0 Å². The summed E-state index contributed by atoms with van der Waals surface area (Å²) in [4.78, 5) is 10.2. The molecule has 1 aromatic carbocycles. The molecule has 0 aliphatic heterocycles. The average Bonchev–Trinajstić information content (AvgIpc) is 3.16. The van der Waals surface area contributed by atoms with Crippen molar-refractivity contribution in [2.75, 3.05) is 17.2 Å². The molecule has 1 aliphatic carbocycles. The number of aryl methyl sites for hydroxylation is 2. The first kappa shape index (κ1) is 22.6. The van der Waals surface area contributed by atoms with Gasteiger partial charge in [0.05, 0.1) is 21.1 Å². The van der Waals surface area contributed by atoms with E-state index in [9.17, 15) is 5.26 Å². The molecule has 8 heteroatoms. The minimum atomic E-state index is -0.0438. The van der Waals surface area contributed by atoms with Crippen molar-refractivity contribution in [2.45, 2.75) is 52.0 Å². The first-order valence-electron chi connectivity index (χ1n) is 11.1. The molecule has 0 saturated heterocycles. The van der Waals surface area contributed by atoms with Crippen LogP contribution in [0.15, 0.2) is 30.3 Å². The van der Waals surface area contributed by atoms with E-state index in [1.54, 1.807) is 23.5 Å². The molecule has 2 heterocycles. The van der Waals surface area contributed by atoms with Crippen LogP contribution in [0.4, 0.5) is 17.3 Å². The summed E-state index contributed by atoms with van der Waals surface area (Å²) < 4.78 is 5.75. The molecule has 0 atom stereocenters. The number of nitrogens with zero attached hydrogens (tertiary/aromatic N) is 4. The van der Waals surface area contributed by atoms with Gasteiger partial charge in [-0.1, -0.05) is 19.3 Å². The Balaban J connectivity index is 1.60. The Kier molecular flexibility index (Phi) is 7.07. The van der Waals surface area contributed by atoms with Crippen LogP contribution in [-0.2, 0) is 0 Å². The van der Waals surface area contributed by atoms with Crippen LogP contribution < -0.4 is 15.4 Å². The predicted molar refractivity (Wildman–Crippen MR) is 131 cm³/mol. The summed E-state index contributed by atoms with van der Waals surface area (Å²) in [5.41, 5.74) is 3.17. The standard InChI is InChI=1S/C25H26N6OS/c1-16-24(33-17(2)28-16)21-10-9-20(14-22(21)32-13-12-26)29-23-11-8-18(15-27)25(31-23)30-19-6-4-3-5-7-19/h8-11,14,19H,3-7,13H2,1-2H3,(H2,29,30,31). The van der Waals surface area contributed by atoms with Gasteiger partial charge in [-0.25, -0.2) is 9.97 Å². The molecule has 1 aliphatic rings. The van der Waals surface area contributed by atoms with E-state index in [-0.39, 0.29) is 6.61 Å². The van der Waals surface area contributed by atoms with Crippen LogP contribution in [0.5, 0.6) is 5.75 Å². The fraction of sp³-hybridized carbons (Fsp3) is 0.360. The molecule has 4 rings (SSSR count). The summed E-state index contributed by atoms with van der Waals surface area (Å²) >= 11 is 1.60. The third-order valence-electron chi connectivity index (χ3n) is 5.66.